The van der Waals surface area contributed by atoms with Gasteiger partial charge >= 0.3 is 0 Å². The number of carbonyl (C=O) groups is 2. The summed E-state index contributed by atoms with van der Waals surface area (Å²) in [5.74, 6) is -0.552. The van der Waals surface area contributed by atoms with Crippen LogP contribution in [0.15, 0.2) is 59.5 Å². The molecule has 14 heteroatoms. The molecule has 10 nitrogen and oxygen atoms in total. The Morgan fingerprint density at radius 3 is 2.05 bits per heavy atom. The molecule has 0 bridgehead atoms. The zero-order valence-corrected chi connectivity index (χ0v) is 27.3. The van der Waals surface area contributed by atoms with Crippen molar-refractivity contribution in [2.24, 2.45) is 0 Å². The van der Waals surface area contributed by atoms with E-state index in [0.29, 0.717) is 11.3 Å². The predicted molar refractivity (Wildman–Crippen MR) is 167 cm³/mol. The summed E-state index contributed by atoms with van der Waals surface area (Å²) < 4.78 is 45.4. The smallest absolute Gasteiger partial charge is 0.265 e. The minimum atomic E-state index is -4.48. The van der Waals surface area contributed by atoms with Crippen LogP contribution in [0.1, 0.15) is 18.9 Å². The zero-order chi connectivity index (χ0) is 31.9. The molecule has 0 aliphatic heterocycles. The molecule has 3 rings (SSSR count). The van der Waals surface area contributed by atoms with E-state index >= 15 is 0 Å². The number of benzene rings is 3. The van der Waals surface area contributed by atoms with E-state index in [0.717, 1.165) is 4.31 Å². The maximum Gasteiger partial charge on any atom is 0.265 e. The number of rotatable bonds is 13. The molecule has 0 heterocycles. The summed E-state index contributed by atoms with van der Waals surface area (Å²) in [6.45, 7) is 0.829. The third-order valence-corrected chi connectivity index (χ3v) is 9.35. The Hall–Kier alpha value is -3.38. The molecule has 0 aliphatic carbocycles. The van der Waals surface area contributed by atoms with Gasteiger partial charge in [0.15, 0.2) is 11.5 Å². The zero-order valence-electron chi connectivity index (χ0n) is 24.2. The fraction of sp³-hybridized carbons (Fsp3) is 0.310. The highest BCUT2D eigenvalue weighted by Crippen LogP contribution is 2.37. The highest BCUT2D eigenvalue weighted by molar-refractivity contribution is 7.92. The molecule has 0 saturated heterocycles. The van der Waals surface area contributed by atoms with E-state index in [9.17, 15) is 18.0 Å². The fourth-order valence-corrected chi connectivity index (χ4v) is 6.53. The van der Waals surface area contributed by atoms with Crippen LogP contribution in [0.2, 0.25) is 15.1 Å². The van der Waals surface area contributed by atoms with Crippen molar-refractivity contribution in [3.8, 4) is 17.2 Å². The number of hydrogen-bond donors (Lipinski definition) is 1. The van der Waals surface area contributed by atoms with Crippen LogP contribution in [0.5, 0.6) is 17.2 Å². The standard InChI is InChI=1S/C29H32Cl3N3O7S/c1-6-23(29(37)33-2)34(16-20-21(31)8-7-9-22(20)32)28(36)17-35(24-14-18(30)10-12-25(24)40-3)43(38,39)19-11-13-26(41-4)27(15-19)42-5/h7-15,23H,6,16-17H2,1-5H3,(H,33,37)/t23-/m1/s1. The van der Waals surface area contributed by atoms with Crippen LogP contribution in [0, 0.1) is 0 Å². The molecular formula is C29H32Cl3N3O7S. The Bertz CT molecular complexity index is 1570. The number of anilines is 1. The summed E-state index contributed by atoms with van der Waals surface area (Å²) in [5, 5.41) is 3.33. The monoisotopic (exact) mass is 671 g/mol. The first-order valence-electron chi connectivity index (χ1n) is 13.0. The maximum atomic E-state index is 14.3. The molecule has 0 saturated carbocycles. The molecule has 1 N–H and O–H groups in total. The third kappa shape index (κ3) is 7.59. The Labute approximate surface area is 266 Å². The van der Waals surface area contributed by atoms with Crippen molar-refractivity contribution < 1.29 is 32.2 Å². The lowest BCUT2D eigenvalue weighted by Gasteiger charge is -2.33. The second-order valence-electron chi connectivity index (χ2n) is 9.10. The van der Waals surface area contributed by atoms with Gasteiger partial charge in [-0.2, -0.15) is 0 Å². The van der Waals surface area contributed by atoms with Gasteiger partial charge in [-0.15, -0.1) is 0 Å². The number of halogens is 3. The second-order valence-corrected chi connectivity index (χ2v) is 12.2. The van der Waals surface area contributed by atoms with Crippen molar-refractivity contribution in [1.29, 1.82) is 0 Å². The lowest BCUT2D eigenvalue weighted by molar-refractivity contribution is -0.140. The summed E-state index contributed by atoms with van der Waals surface area (Å²) in [7, 11) is 1.12. The average molecular weight is 673 g/mol. The van der Waals surface area contributed by atoms with E-state index in [1.54, 1.807) is 25.1 Å². The molecule has 0 fully saturated rings. The molecule has 0 spiro atoms. The number of sulfonamides is 1. The number of hydrogen-bond acceptors (Lipinski definition) is 7. The van der Waals surface area contributed by atoms with Crippen LogP contribution in [-0.4, -0.2) is 66.1 Å². The van der Waals surface area contributed by atoms with Crippen LogP contribution in [0.3, 0.4) is 0 Å². The largest absolute Gasteiger partial charge is 0.495 e. The lowest BCUT2D eigenvalue weighted by atomic mass is 10.1. The summed E-state index contributed by atoms with van der Waals surface area (Å²) in [6, 6.07) is 12.3. The van der Waals surface area contributed by atoms with E-state index < -0.39 is 34.4 Å². The minimum Gasteiger partial charge on any atom is -0.495 e. The molecule has 0 unspecified atom stereocenters. The highest BCUT2D eigenvalue weighted by atomic mass is 35.5. The van der Waals surface area contributed by atoms with E-state index in [4.69, 9.17) is 49.0 Å². The SMILES string of the molecule is CC[C@H](C(=O)NC)N(Cc1c(Cl)cccc1Cl)C(=O)CN(c1cc(Cl)ccc1OC)S(=O)(=O)c1ccc(OC)c(OC)c1. The second kappa shape index (κ2) is 14.9. The molecule has 0 aliphatic rings. The van der Waals surface area contributed by atoms with Crippen molar-refractivity contribution >= 4 is 62.3 Å². The summed E-state index contributed by atoms with van der Waals surface area (Å²) in [5.41, 5.74) is 0.401. The molecule has 3 aromatic rings. The number of amides is 2. The maximum absolute atomic E-state index is 14.3. The topological polar surface area (TPSA) is 114 Å². The van der Waals surface area contributed by atoms with Crippen molar-refractivity contribution in [1.82, 2.24) is 10.2 Å². The van der Waals surface area contributed by atoms with Gasteiger partial charge in [0.2, 0.25) is 11.8 Å². The Kier molecular flexibility index (Phi) is 11.8. The van der Waals surface area contributed by atoms with Gasteiger partial charge in [-0.05, 0) is 48.9 Å². The van der Waals surface area contributed by atoms with Gasteiger partial charge in [0.25, 0.3) is 10.0 Å². The van der Waals surface area contributed by atoms with Gasteiger partial charge in [0.1, 0.15) is 18.3 Å². The summed E-state index contributed by atoms with van der Waals surface area (Å²) >= 11 is 19.1. The Morgan fingerprint density at radius 2 is 1.49 bits per heavy atom. The van der Waals surface area contributed by atoms with Gasteiger partial charge in [0.05, 0.1) is 31.9 Å². The highest BCUT2D eigenvalue weighted by Gasteiger charge is 2.35. The average Bonchev–Trinajstić information content (AvgIpc) is 3.00. The van der Waals surface area contributed by atoms with E-state index in [-0.39, 0.29) is 50.1 Å². The number of methoxy groups -OCH3 is 3. The van der Waals surface area contributed by atoms with Crippen molar-refractivity contribution in [2.75, 3.05) is 39.2 Å². The number of ether oxygens (including phenoxy) is 3. The molecule has 3 aromatic carbocycles. The third-order valence-electron chi connectivity index (χ3n) is 6.65. The van der Waals surface area contributed by atoms with E-state index in [1.807, 2.05) is 0 Å². The number of carbonyl (C=O) groups excluding carboxylic acids is 2. The first-order valence-corrected chi connectivity index (χ1v) is 15.5. The van der Waals surface area contributed by atoms with Gasteiger partial charge in [-0.3, -0.25) is 13.9 Å². The van der Waals surface area contributed by atoms with Crippen LogP contribution in [0.25, 0.3) is 0 Å². The van der Waals surface area contributed by atoms with Crippen molar-refractivity contribution in [3.05, 3.63) is 75.2 Å². The molecular weight excluding hydrogens is 641 g/mol. The fourth-order valence-electron chi connectivity index (χ4n) is 4.42. The quantitative estimate of drug-likeness (QED) is 0.258. The first kappa shape index (κ1) is 34.1. The Balaban J connectivity index is 2.21. The molecule has 43 heavy (non-hydrogen) atoms. The normalized spacial score (nSPS) is 11.8. The summed E-state index contributed by atoms with van der Waals surface area (Å²) in [6.07, 6.45) is 0.219. The number of nitrogens with zero attached hydrogens (tertiary/aromatic N) is 2. The van der Waals surface area contributed by atoms with Gasteiger partial charge in [0, 0.05) is 40.3 Å². The van der Waals surface area contributed by atoms with Gasteiger partial charge in [-0.1, -0.05) is 47.8 Å². The van der Waals surface area contributed by atoms with Crippen LogP contribution >= 0.6 is 34.8 Å². The van der Waals surface area contributed by atoms with Crippen LogP contribution < -0.4 is 23.8 Å². The minimum absolute atomic E-state index is 0.00172. The number of nitrogens with one attached hydrogen (secondary N) is 1. The summed E-state index contributed by atoms with van der Waals surface area (Å²) in [4.78, 5) is 28.2. The predicted octanol–water partition coefficient (Wildman–Crippen LogP) is 5.42. The Morgan fingerprint density at radius 1 is 0.884 bits per heavy atom. The van der Waals surface area contributed by atoms with Crippen molar-refractivity contribution in [3.63, 3.8) is 0 Å². The van der Waals surface area contributed by atoms with E-state index in [2.05, 4.69) is 5.32 Å². The van der Waals surface area contributed by atoms with Gasteiger partial charge in [-0.25, -0.2) is 8.42 Å². The molecule has 0 radical (unpaired) electrons. The lowest BCUT2D eigenvalue weighted by Crippen LogP contribution is -2.51. The van der Waals surface area contributed by atoms with E-state index in [1.165, 1.54) is 69.7 Å². The molecule has 0 aromatic heterocycles. The number of likely N-dealkylation sites (N-methyl/N-ethyl adjacent to an activating group) is 1. The van der Waals surface area contributed by atoms with Crippen LogP contribution in [0.4, 0.5) is 5.69 Å². The van der Waals surface area contributed by atoms with Crippen molar-refractivity contribution in [2.45, 2.75) is 30.8 Å². The molecule has 1 atom stereocenters. The van der Waals surface area contributed by atoms with Crippen LogP contribution in [-0.2, 0) is 26.2 Å². The van der Waals surface area contributed by atoms with Gasteiger partial charge < -0.3 is 24.4 Å². The first-order chi connectivity index (χ1) is 20.4. The molecule has 232 valence electrons. The molecule has 2 amide bonds.